The van der Waals surface area contributed by atoms with Gasteiger partial charge >= 0.3 is 0 Å². The fourth-order valence-electron chi connectivity index (χ4n) is 1.06. The Morgan fingerprint density at radius 2 is 2.27 bits per heavy atom. The van der Waals surface area contributed by atoms with Crippen molar-refractivity contribution in [2.45, 2.75) is 13.3 Å². The Bertz CT molecular complexity index is 417. The minimum absolute atomic E-state index is 0.0781. The van der Waals surface area contributed by atoms with Crippen molar-refractivity contribution in [1.29, 1.82) is 0 Å². The lowest BCUT2D eigenvalue weighted by Gasteiger charge is -2.08. The molecule has 1 aromatic rings. The molecule has 1 heterocycles. The maximum absolute atomic E-state index is 11.5. The molecule has 0 unspecified atom stereocenters. The summed E-state index contributed by atoms with van der Waals surface area (Å²) in [4.78, 5) is 3.86. The van der Waals surface area contributed by atoms with Crippen LogP contribution in [0.25, 0.3) is 0 Å². The molecule has 0 aliphatic carbocycles. The number of nitrogens with zero attached hydrogens (tertiary/aromatic N) is 1. The van der Waals surface area contributed by atoms with E-state index < -0.39 is 10.0 Å². The van der Waals surface area contributed by atoms with Gasteiger partial charge in [-0.25, -0.2) is 8.42 Å². The fraction of sp³-hybridized carbons (Fsp3) is 0.444. The monoisotopic (exact) mass is 230 g/mol. The van der Waals surface area contributed by atoms with Crippen LogP contribution in [0.3, 0.4) is 0 Å². The fourth-order valence-corrected chi connectivity index (χ4v) is 2.24. The maximum Gasteiger partial charge on any atom is 0.232 e. The summed E-state index contributed by atoms with van der Waals surface area (Å²) in [6.07, 6.45) is 3.35. The van der Waals surface area contributed by atoms with Gasteiger partial charge in [0.15, 0.2) is 0 Å². The first kappa shape index (κ1) is 11.9. The molecule has 0 aliphatic rings. The second kappa shape index (κ2) is 5.09. The summed E-state index contributed by atoms with van der Waals surface area (Å²) >= 11 is 0. The van der Waals surface area contributed by atoms with Gasteiger partial charge in [0.2, 0.25) is 10.0 Å². The van der Waals surface area contributed by atoms with Gasteiger partial charge < -0.3 is 5.11 Å². The van der Waals surface area contributed by atoms with E-state index >= 15 is 0 Å². The number of aryl methyl sites for hydroxylation is 1. The van der Waals surface area contributed by atoms with Gasteiger partial charge in [-0.1, -0.05) is 0 Å². The van der Waals surface area contributed by atoms with Gasteiger partial charge in [0.1, 0.15) is 0 Å². The Hall–Kier alpha value is -1.14. The first-order valence-electron chi connectivity index (χ1n) is 4.57. The van der Waals surface area contributed by atoms with Crippen LogP contribution < -0.4 is 4.72 Å². The number of pyridine rings is 1. The molecule has 0 radical (unpaired) electrons. The van der Waals surface area contributed by atoms with Crippen molar-refractivity contribution in [3.8, 4) is 0 Å². The van der Waals surface area contributed by atoms with Gasteiger partial charge in [0.25, 0.3) is 0 Å². The molecule has 0 fully saturated rings. The van der Waals surface area contributed by atoms with Crippen LogP contribution >= 0.6 is 0 Å². The molecule has 0 aliphatic heterocycles. The Labute approximate surface area is 89.2 Å². The summed E-state index contributed by atoms with van der Waals surface area (Å²) in [5.74, 6) is -0.0781. The lowest BCUT2D eigenvalue weighted by atomic mass is 10.3. The highest BCUT2D eigenvalue weighted by atomic mass is 32.2. The number of sulfonamides is 1. The van der Waals surface area contributed by atoms with E-state index in [1.54, 1.807) is 19.2 Å². The number of hydrogen-bond donors (Lipinski definition) is 2. The van der Waals surface area contributed by atoms with Crippen LogP contribution in [-0.4, -0.2) is 30.9 Å². The van der Waals surface area contributed by atoms with Crippen LogP contribution in [0, 0.1) is 6.92 Å². The first-order chi connectivity index (χ1) is 7.05. The van der Waals surface area contributed by atoms with Crippen molar-refractivity contribution >= 4 is 15.7 Å². The zero-order valence-electron chi connectivity index (χ0n) is 8.47. The minimum Gasteiger partial charge on any atom is -0.396 e. The van der Waals surface area contributed by atoms with Gasteiger partial charge in [-0.2, -0.15) is 0 Å². The van der Waals surface area contributed by atoms with Crippen LogP contribution in [0.1, 0.15) is 12.0 Å². The summed E-state index contributed by atoms with van der Waals surface area (Å²) in [6.45, 7) is 1.65. The summed E-state index contributed by atoms with van der Waals surface area (Å²) < 4.78 is 25.4. The maximum atomic E-state index is 11.5. The molecule has 0 atom stereocenters. The molecule has 5 nitrogen and oxygen atoms in total. The molecule has 0 spiro atoms. The van der Waals surface area contributed by atoms with Crippen molar-refractivity contribution in [2.24, 2.45) is 0 Å². The lowest BCUT2D eigenvalue weighted by Crippen LogP contribution is -2.18. The largest absolute Gasteiger partial charge is 0.396 e. The summed E-state index contributed by atoms with van der Waals surface area (Å²) in [5.41, 5.74) is 1.30. The molecule has 15 heavy (non-hydrogen) atoms. The first-order valence-corrected chi connectivity index (χ1v) is 6.22. The van der Waals surface area contributed by atoms with Gasteiger partial charge in [0, 0.05) is 19.0 Å². The van der Waals surface area contributed by atoms with Gasteiger partial charge in [0.05, 0.1) is 11.4 Å². The van der Waals surface area contributed by atoms with Crippen LogP contribution in [-0.2, 0) is 10.0 Å². The SMILES string of the molecule is Cc1cnccc1NS(=O)(=O)CCCO. The van der Waals surface area contributed by atoms with Crippen molar-refractivity contribution in [2.75, 3.05) is 17.1 Å². The third kappa shape index (κ3) is 3.85. The Morgan fingerprint density at radius 3 is 2.87 bits per heavy atom. The van der Waals surface area contributed by atoms with Crippen molar-refractivity contribution < 1.29 is 13.5 Å². The summed E-state index contributed by atoms with van der Waals surface area (Å²) in [6, 6.07) is 1.60. The molecular weight excluding hydrogens is 216 g/mol. The number of hydrogen-bond acceptors (Lipinski definition) is 4. The van der Waals surface area contributed by atoms with Crippen molar-refractivity contribution in [3.05, 3.63) is 24.0 Å². The normalized spacial score (nSPS) is 11.3. The molecule has 0 saturated carbocycles. The molecule has 84 valence electrons. The standard InChI is InChI=1S/C9H14N2O3S/c1-8-7-10-4-3-9(8)11-15(13,14)6-2-5-12/h3-4,7,12H,2,5-6H2,1H3,(H,10,11). The Balaban J connectivity index is 2.74. The smallest absolute Gasteiger partial charge is 0.232 e. The van der Waals surface area contributed by atoms with E-state index in [2.05, 4.69) is 9.71 Å². The number of aromatic nitrogens is 1. The third-order valence-electron chi connectivity index (χ3n) is 1.86. The predicted molar refractivity (Wildman–Crippen MR) is 58.1 cm³/mol. The number of anilines is 1. The second-order valence-corrected chi connectivity index (χ2v) is 5.03. The van der Waals surface area contributed by atoms with Crippen LogP contribution in [0.4, 0.5) is 5.69 Å². The number of nitrogens with one attached hydrogen (secondary N) is 1. The number of aliphatic hydroxyl groups is 1. The second-order valence-electron chi connectivity index (χ2n) is 3.19. The third-order valence-corrected chi connectivity index (χ3v) is 3.21. The van der Waals surface area contributed by atoms with Crippen molar-refractivity contribution in [1.82, 2.24) is 4.98 Å². The zero-order valence-corrected chi connectivity index (χ0v) is 9.29. The molecule has 0 aromatic carbocycles. The molecule has 0 bridgehead atoms. The van der Waals surface area contributed by atoms with Crippen LogP contribution in [0.5, 0.6) is 0 Å². The Kier molecular flexibility index (Phi) is 4.05. The highest BCUT2D eigenvalue weighted by Crippen LogP contribution is 2.13. The molecule has 0 amide bonds. The van der Waals surface area contributed by atoms with E-state index in [0.717, 1.165) is 5.56 Å². The molecule has 0 saturated heterocycles. The van der Waals surface area contributed by atoms with E-state index in [9.17, 15) is 8.42 Å². The van der Waals surface area contributed by atoms with Gasteiger partial charge in [-0.05, 0) is 25.0 Å². The highest BCUT2D eigenvalue weighted by molar-refractivity contribution is 7.92. The quantitative estimate of drug-likeness (QED) is 0.772. The van der Waals surface area contributed by atoms with E-state index in [-0.39, 0.29) is 18.8 Å². The molecule has 1 rings (SSSR count). The van der Waals surface area contributed by atoms with Crippen LogP contribution in [0.2, 0.25) is 0 Å². The lowest BCUT2D eigenvalue weighted by molar-refractivity contribution is 0.295. The average Bonchev–Trinajstić information content (AvgIpc) is 2.18. The molecule has 6 heteroatoms. The summed E-state index contributed by atoms with van der Waals surface area (Å²) in [7, 11) is -3.36. The Morgan fingerprint density at radius 1 is 1.53 bits per heavy atom. The molecule has 1 aromatic heterocycles. The predicted octanol–water partition coefficient (Wildman–Crippen LogP) is 0.514. The van der Waals surface area contributed by atoms with E-state index in [0.29, 0.717) is 5.69 Å². The number of rotatable bonds is 5. The van der Waals surface area contributed by atoms with Gasteiger partial charge in [-0.15, -0.1) is 0 Å². The highest BCUT2D eigenvalue weighted by Gasteiger charge is 2.10. The zero-order chi connectivity index (χ0) is 11.3. The summed E-state index contributed by atoms with van der Waals surface area (Å²) in [5, 5.41) is 8.55. The van der Waals surface area contributed by atoms with Crippen molar-refractivity contribution in [3.63, 3.8) is 0 Å². The molecule has 2 N–H and O–H groups in total. The van der Waals surface area contributed by atoms with E-state index in [1.165, 1.54) is 6.20 Å². The topological polar surface area (TPSA) is 79.3 Å². The van der Waals surface area contributed by atoms with E-state index in [1.807, 2.05) is 0 Å². The van der Waals surface area contributed by atoms with E-state index in [4.69, 9.17) is 5.11 Å². The average molecular weight is 230 g/mol. The molecular formula is C9H14N2O3S. The number of aliphatic hydroxyl groups excluding tert-OH is 1. The van der Waals surface area contributed by atoms with Crippen LogP contribution in [0.15, 0.2) is 18.5 Å². The minimum atomic E-state index is -3.36. The van der Waals surface area contributed by atoms with Gasteiger partial charge in [-0.3, -0.25) is 9.71 Å².